The third-order valence-corrected chi connectivity index (χ3v) is 2.26. The minimum absolute atomic E-state index is 0.175. The van der Waals surface area contributed by atoms with E-state index in [1.807, 2.05) is 24.3 Å². The molecule has 6 nitrogen and oxygen atoms in total. The summed E-state index contributed by atoms with van der Waals surface area (Å²) in [5.41, 5.74) is 8.02. The Morgan fingerprint density at radius 1 is 1.25 bits per heavy atom. The Bertz CT molecular complexity index is 451. The van der Waals surface area contributed by atoms with E-state index in [-0.39, 0.29) is 12.1 Å². The van der Waals surface area contributed by atoms with Crippen LogP contribution in [-0.2, 0) is 16.8 Å². The highest BCUT2D eigenvalue weighted by molar-refractivity contribution is 7.79. The minimum Gasteiger partial charge on any atom is -0.391 e. The first-order chi connectivity index (χ1) is 7.29. The van der Waals surface area contributed by atoms with Crippen LogP contribution >= 0.6 is 0 Å². The maximum Gasteiger partial charge on any atom is 0.394 e. The second-order valence-electron chi connectivity index (χ2n) is 3.44. The van der Waals surface area contributed by atoms with Crippen LogP contribution in [0.2, 0.25) is 0 Å². The molecule has 5 N–H and O–H groups in total. The summed E-state index contributed by atoms with van der Waals surface area (Å²) in [5, 5.41) is 9.39. The van der Waals surface area contributed by atoms with Crippen LogP contribution in [-0.4, -0.2) is 28.7 Å². The SMILES string of the molecule is N[C@H]1c2ccccc2C[C@H]1O.O=S(=O)(O)O. The molecule has 0 saturated heterocycles. The van der Waals surface area contributed by atoms with E-state index >= 15 is 0 Å². The van der Waals surface area contributed by atoms with Gasteiger partial charge in [-0.15, -0.1) is 0 Å². The second kappa shape index (κ2) is 4.89. The molecule has 0 heterocycles. The molecule has 90 valence electrons. The molecule has 7 heteroatoms. The van der Waals surface area contributed by atoms with E-state index < -0.39 is 10.4 Å². The summed E-state index contributed by atoms with van der Waals surface area (Å²) in [6, 6.07) is 7.76. The van der Waals surface area contributed by atoms with Crippen molar-refractivity contribution in [3.05, 3.63) is 35.4 Å². The Balaban J connectivity index is 0.000000221. The molecule has 1 aliphatic rings. The summed E-state index contributed by atoms with van der Waals surface area (Å²) in [6.45, 7) is 0. The molecule has 0 spiro atoms. The molecule has 0 radical (unpaired) electrons. The molecular weight excluding hydrogens is 234 g/mol. The highest BCUT2D eigenvalue weighted by atomic mass is 32.3. The van der Waals surface area contributed by atoms with Gasteiger partial charge in [-0.05, 0) is 11.1 Å². The van der Waals surface area contributed by atoms with Crippen LogP contribution in [0.4, 0.5) is 0 Å². The Kier molecular flexibility index (Phi) is 4.00. The van der Waals surface area contributed by atoms with E-state index in [0.29, 0.717) is 6.42 Å². The van der Waals surface area contributed by atoms with Crippen LogP contribution in [0.5, 0.6) is 0 Å². The quantitative estimate of drug-likeness (QED) is 0.477. The third kappa shape index (κ3) is 3.87. The molecule has 0 amide bonds. The van der Waals surface area contributed by atoms with Gasteiger partial charge in [0.25, 0.3) is 0 Å². The van der Waals surface area contributed by atoms with Gasteiger partial charge in [-0.3, -0.25) is 9.11 Å². The summed E-state index contributed by atoms with van der Waals surface area (Å²) in [4.78, 5) is 0. The fourth-order valence-corrected chi connectivity index (χ4v) is 1.60. The average molecular weight is 247 g/mol. The lowest BCUT2D eigenvalue weighted by Gasteiger charge is -2.07. The van der Waals surface area contributed by atoms with Crippen molar-refractivity contribution in [2.45, 2.75) is 18.6 Å². The lowest BCUT2D eigenvalue weighted by Crippen LogP contribution is -2.21. The average Bonchev–Trinajstić information content (AvgIpc) is 2.41. The molecule has 2 atom stereocenters. The van der Waals surface area contributed by atoms with Crippen molar-refractivity contribution in [3.8, 4) is 0 Å². The molecule has 0 bridgehead atoms. The highest BCUT2D eigenvalue weighted by Gasteiger charge is 2.26. The summed E-state index contributed by atoms with van der Waals surface area (Å²) in [7, 11) is -4.67. The fourth-order valence-electron chi connectivity index (χ4n) is 1.60. The first kappa shape index (κ1) is 13.1. The van der Waals surface area contributed by atoms with Gasteiger partial charge in [0.05, 0.1) is 12.1 Å². The fraction of sp³-hybridized carbons (Fsp3) is 0.333. The maximum atomic E-state index is 9.39. The zero-order valence-electron chi connectivity index (χ0n) is 8.31. The smallest absolute Gasteiger partial charge is 0.391 e. The van der Waals surface area contributed by atoms with E-state index in [2.05, 4.69) is 0 Å². The van der Waals surface area contributed by atoms with Crippen molar-refractivity contribution in [2.75, 3.05) is 0 Å². The van der Waals surface area contributed by atoms with Crippen LogP contribution in [0.3, 0.4) is 0 Å². The monoisotopic (exact) mass is 247 g/mol. The normalized spacial score (nSPS) is 23.2. The number of fused-ring (bicyclic) bond motifs is 1. The van der Waals surface area contributed by atoms with Gasteiger partial charge in [0.15, 0.2) is 0 Å². The summed E-state index contributed by atoms with van der Waals surface area (Å²) in [6.07, 6.45) is 0.324. The zero-order valence-corrected chi connectivity index (χ0v) is 9.13. The number of aliphatic hydroxyl groups is 1. The van der Waals surface area contributed by atoms with Crippen molar-refractivity contribution < 1.29 is 22.6 Å². The molecule has 2 rings (SSSR count). The molecule has 16 heavy (non-hydrogen) atoms. The predicted octanol–water partition coefficient (Wildman–Crippen LogP) is -0.0494. The Hall–Kier alpha value is -0.990. The molecule has 0 fully saturated rings. The van der Waals surface area contributed by atoms with Gasteiger partial charge in [0, 0.05) is 6.42 Å². The zero-order chi connectivity index (χ0) is 12.3. The van der Waals surface area contributed by atoms with Gasteiger partial charge in [-0.1, -0.05) is 24.3 Å². The topological polar surface area (TPSA) is 121 Å². The summed E-state index contributed by atoms with van der Waals surface area (Å²) >= 11 is 0. The van der Waals surface area contributed by atoms with Gasteiger partial charge >= 0.3 is 10.4 Å². The Labute approximate surface area is 93.3 Å². The Morgan fingerprint density at radius 3 is 2.25 bits per heavy atom. The molecule has 0 saturated carbocycles. The number of nitrogens with two attached hydrogens (primary N) is 1. The van der Waals surface area contributed by atoms with E-state index in [9.17, 15) is 5.11 Å². The lowest BCUT2D eigenvalue weighted by atomic mass is 10.1. The van der Waals surface area contributed by atoms with E-state index in [0.717, 1.165) is 5.56 Å². The van der Waals surface area contributed by atoms with E-state index in [1.165, 1.54) is 5.56 Å². The maximum absolute atomic E-state index is 9.39. The number of benzene rings is 1. The molecule has 1 aromatic carbocycles. The predicted molar refractivity (Wildman–Crippen MR) is 57.3 cm³/mol. The largest absolute Gasteiger partial charge is 0.394 e. The Morgan fingerprint density at radius 2 is 1.75 bits per heavy atom. The van der Waals surface area contributed by atoms with Crippen LogP contribution in [0.1, 0.15) is 17.2 Å². The molecule has 1 aliphatic carbocycles. The van der Waals surface area contributed by atoms with E-state index in [1.54, 1.807) is 0 Å². The lowest BCUT2D eigenvalue weighted by molar-refractivity contribution is 0.158. The first-order valence-corrected chi connectivity index (χ1v) is 5.90. The van der Waals surface area contributed by atoms with Crippen LogP contribution in [0.25, 0.3) is 0 Å². The van der Waals surface area contributed by atoms with Crippen LogP contribution in [0, 0.1) is 0 Å². The minimum atomic E-state index is -4.67. The van der Waals surface area contributed by atoms with Crippen LogP contribution < -0.4 is 5.73 Å². The van der Waals surface area contributed by atoms with Gasteiger partial charge in [0.2, 0.25) is 0 Å². The molecule has 0 aliphatic heterocycles. The van der Waals surface area contributed by atoms with Crippen molar-refractivity contribution in [1.29, 1.82) is 0 Å². The summed E-state index contributed by atoms with van der Waals surface area (Å²) < 4.78 is 31.6. The standard InChI is InChI=1S/C9H11NO.H2O4S/c10-9-7-4-2-1-3-6(7)5-8(9)11;1-5(2,3)4/h1-4,8-9,11H,5,10H2;(H2,1,2,3,4)/t8-,9+;/m1./s1. The summed E-state index contributed by atoms with van der Waals surface area (Å²) in [5.74, 6) is 0. The molecule has 0 unspecified atom stereocenters. The molecule has 1 aromatic rings. The number of aliphatic hydroxyl groups excluding tert-OH is 1. The third-order valence-electron chi connectivity index (χ3n) is 2.26. The second-order valence-corrected chi connectivity index (χ2v) is 4.34. The van der Waals surface area contributed by atoms with Crippen molar-refractivity contribution in [2.24, 2.45) is 5.73 Å². The molecular formula is C9H13NO5S. The van der Waals surface area contributed by atoms with Gasteiger partial charge in [-0.2, -0.15) is 8.42 Å². The van der Waals surface area contributed by atoms with Crippen molar-refractivity contribution in [1.82, 2.24) is 0 Å². The van der Waals surface area contributed by atoms with Gasteiger partial charge in [0.1, 0.15) is 0 Å². The van der Waals surface area contributed by atoms with Crippen molar-refractivity contribution in [3.63, 3.8) is 0 Å². The van der Waals surface area contributed by atoms with Crippen LogP contribution in [0.15, 0.2) is 24.3 Å². The van der Waals surface area contributed by atoms with Crippen molar-refractivity contribution >= 4 is 10.4 Å². The van der Waals surface area contributed by atoms with Gasteiger partial charge in [-0.25, -0.2) is 0 Å². The van der Waals surface area contributed by atoms with Gasteiger partial charge < -0.3 is 10.8 Å². The number of rotatable bonds is 0. The number of hydrogen-bond acceptors (Lipinski definition) is 4. The van der Waals surface area contributed by atoms with E-state index in [4.69, 9.17) is 23.3 Å². The first-order valence-electron chi connectivity index (χ1n) is 4.50. The number of hydrogen-bond donors (Lipinski definition) is 4. The molecule has 0 aromatic heterocycles. The highest BCUT2D eigenvalue weighted by Crippen LogP contribution is 2.28.